The van der Waals surface area contributed by atoms with Crippen molar-refractivity contribution in [3.8, 4) is 0 Å². The summed E-state index contributed by atoms with van der Waals surface area (Å²) in [5.41, 5.74) is 8.07. The molecule has 2 aromatic rings. The molecule has 0 aliphatic carbocycles. The number of rotatable bonds is 2. The van der Waals surface area contributed by atoms with Gasteiger partial charge in [-0.25, -0.2) is 0 Å². The van der Waals surface area contributed by atoms with Crippen molar-refractivity contribution in [3.63, 3.8) is 0 Å². The number of nitrogens with one attached hydrogen (secondary N) is 1. The highest BCUT2D eigenvalue weighted by atomic mass is 79.9. The van der Waals surface area contributed by atoms with E-state index in [0.29, 0.717) is 22.0 Å². The lowest BCUT2D eigenvalue weighted by atomic mass is 10.1. The molecule has 4 nitrogen and oxygen atoms in total. The van der Waals surface area contributed by atoms with Gasteiger partial charge in [0.25, 0.3) is 5.91 Å². The zero-order valence-corrected chi connectivity index (χ0v) is 12.4. The third-order valence-electron chi connectivity index (χ3n) is 2.67. The highest BCUT2D eigenvalue weighted by Crippen LogP contribution is 2.25. The third kappa shape index (κ3) is 3.05. The first-order valence-corrected chi connectivity index (χ1v) is 6.62. The first-order chi connectivity index (χ1) is 8.99. The second-order valence-electron chi connectivity index (χ2n) is 3.98. The Bertz CT molecular complexity index is 646. The monoisotopic (exact) mass is 339 g/mol. The summed E-state index contributed by atoms with van der Waals surface area (Å²) in [6.45, 7) is 1.79. The summed E-state index contributed by atoms with van der Waals surface area (Å²) in [6, 6.07) is 5.08. The minimum Gasteiger partial charge on any atom is -0.398 e. The van der Waals surface area contributed by atoms with Crippen LogP contribution in [0.5, 0.6) is 0 Å². The third-order valence-corrected chi connectivity index (χ3v) is 3.46. The first kappa shape index (κ1) is 13.8. The number of pyridine rings is 1. The number of amides is 1. The predicted octanol–water partition coefficient (Wildman–Crippen LogP) is 3.64. The van der Waals surface area contributed by atoms with Crippen molar-refractivity contribution < 1.29 is 4.79 Å². The lowest BCUT2D eigenvalue weighted by molar-refractivity contribution is 0.102. The van der Waals surface area contributed by atoms with Crippen LogP contribution in [0, 0.1) is 6.92 Å². The quantitative estimate of drug-likeness (QED) is 0.820. The highest BCUT2D eigenvalue weighted by Gasteiger charge is 2.13. The first-order valence-electron chi connectivity index (χ1n) is 5.45. The maximum absolute atomic E-state index is 12.2. The molecule has 3 N–H and O–H groups in total. The minimum atomic E-state index is -0.277. The van der Waals surface area contributed by atoms with E-state index < -0.39 is 0 Å². The van der Waals surface area contributed by atoms with Gasteiger partial charge in [0.1, 0.15) is 0 Å². The molecule has 0 fully saturated rings. The van der Waals surface area contributed by atoms with Crippen molar-refractivity contribution in [1.82, 2.24) is 4.98 Å². The van der Waals surface area contributed by atoms with Crippen LogP contribution in [0.15, 0.2) is 35.1 Å². The number of nitrogen functional groups attached to an aromatic ring is 1. The molecule has 1 aromatic heterocycles. The molecular formula is C13H11BrClN3O. The van der Waals surface area contributed by atoms with Crippen LogP contribution in [-0.2, 0) is 0 Å². The molecule has 19 heavy (non-hydrogen) atoms. The average molecular weight is 341 g/mol. The summed E-state index contributed by atoms with van der Waals surface area (Å²) < 4.78 is 0.748. The van der Waals surface area contributed by atoms with Gasteiger partial charge >= 0.3 is 0 Å². The van der Waals surface area contributed by atoms with Crippen LogP contribution in [0.1, 0.15) is 15.9 Å². The van der Waals surface area contributed by atoms with E-state index in [1.54, 1.807) is 31.3 Å². The van der Waals surface area contributed by atoms with Gasteiger partial charge < -0.3 is 11.1 Å². The summed E-state index contributed by atoms with van der Waals surface area (Å²) in [4.78, 5) is 16.1. The molecule has 6 heteroatoms. The van der Waals surface area contributed by atoms with E-state index >= 15 is 0 Å². The van der Waals surface area contributed by atoms with Crippen molar-refractivity contribution in [2.75, 3.05) is 11.1 Å². The maximum Gasteiger partial charge on any atom is 0.256 e. The SMILES string of the molecule is Cc1c(N)cc(Br)cc1C(=O)Nc1cnccc1Cl. The summed E-state index contributed by atoms with van der Waals surface area (Å²) in [5.74, 6) is -0.277. The average Bonchev–Trinajstić information content (AvgIpc) is 2.36. The fourth-order valence-electron chi connectivity index (χ4n) is 1.60. The second kappa shape index (κ2) is 5.59. The molecule has 0 saturated heterocycles. The summed E-state index contributed by atoms with van der Waals surface area (Å²) >= 11 is 9.29. The predicted molar refractivity (Wildman–Crippen MR) is 80.5 cm³/mol. The molecule has 1 amide bonds. The van der Waals surface area contributed by atoms with E-state index in [4.69, 9.17) is 17.3 Å². The lowest BCUT2D eigenvalue weighted by Gasteiger charge is -2.11. The zero-order chi connectivity index (χ0) is 14.0. The number of carbonyl (C=O) groups excluding carboxylic acids is 1. The van der Waals surface area contributed by atoms with Crippen molar-refractivity contribution in [1.29, 1.82) is 0 Å². The van der Waals surface area contributed by atoms with E-state index in [-0.39, 0.29) is 5.91 Å². The molecule has 0 unspecified atom stereocenters. The molecule has 0 saturated carbocycles. The van der Waals surface area contributed by atoms with Crippen molar-refractivity contribution in [3.05, 3.63) is 51.2 Å². The lowest BCUT2D eigenvalue weighted by Crippen LogP contribution is -2.14. The fourth-order valence-corrected chi connectivity index (χ4v) is 2.22. The van der Waals surface area contributed by atoms with Gasteiger partial charge in [0, 0.05) is 21.9 Å². The van der Waals surface area contributed by atoms with Crippen LogP contribution >= 0.6 is 27.5 Å². The van der Waals surface area contributed by atoms with Gasteiger partial charge in [-0.15, -0.1) is 0 Å². The largest absolute Gasteiger partial charge is 0.398 e. The second-order valence-corrected chi connectivity index (χ2v) is 5.30. The van der Waals surface area contributed by atoms with E-state index in [2.05, 4.69) is 26.2 Å². The van der Waals surface area contributed by atoms with Crippen molar-refractivity contribution >= 4 is 44.8 Å². The van der Waals surface area contributed by atoms with Gasteiger partial charge in [-0.1, -0.05) is 27.5 Å². The number of halogens is 2. The molecule has 1 aromatic carbocycles. The standard InChI is InChI=1S/C13H11BrClN3O/c1-7-9(4-8(14)5-11(7)16)13(19)18-12-6-17-3-2-10(12)15/h2-6H,16H2,1H3,(H,18,19). The molecule has 98 valence electrons. The van der Waals surface area contributed by atoms with Crippen molar-refractivity contribution in [2.45, 2.75) is 6.92 Å². The number of anilines is 2. The number of aromatic nitrogens is 1. The van der Waals surface area contributed by atoms with E-state index in [0.717, 1.165) is 10.0 Å². The van der Waals surface area contributed by atoms with E-state index in [1.807, 2.05) is 0 Å². The number of nitrogens with two attached hydrogens (primary N) is 1. The molecule has 0 spiro atoms. The van der Waals surface area contributed by atoms with Crippen LogP contribution in [0.25, 0.3) is 0 Å². The molecule has 2 rings (SSSR count). The Kier molecular flexibility index (Phi) is 4.07. The van der Waals surface area contributed by atoms with Gasteiger partial charge in [0.05, 0.1) is 16.9 Å². The van der Waals surface area contributed by atoms with E-state index in [1.165, 1.54) is 6.20 Å². The molecular weight excluding hydrogens is 330 g/mol. The molecule has 0 radical (unpaired) electrons. The Balaban J connectivity index is 2.33. The number of nitrogens with zero attached hydrogens (tertiary/aromatic N) is 1. The topological polar surface area (TPSA) is 68.0 Å². The summed E-state index contributed by atoms with van der Waals surface area (Å²) in [7, 11) is 0. The van der Waals surface area contributed by atoms with Gasteiger partial charge in [0.2, 0.25) is 0 Å². The minimum absolute atomic E-state index is 0.277. The fraction of sp³-hybridized carbons (Fsp3) is 0.0769. The molecule has 0 aliphatic heterocycles. The van der Waals surface area contributed by atoms with Crippen LogP contribution in [0.4, 0.5) is 11.4 Å². The number of hydrogen-bond acceptors (Lipinski definition) is 3. The van der Waals surface area contributed by atoms with Gasteiger partial charge in [-0.05, 0) is 30.7 Å². The normalized spacial score (nSPS) is 10.3. The van der Waals surface area contributed by atoms with Crippen LogP contribution in [0.3, 0.4) is 0 Å². The Labute approximate surface area is 124 Å². The maximum atomic E-state index is 12.2. The van der Waals surface area contributed by atoms with Crippen LogP contribution < -0.4 is 11.1 Å². The Morgan fingerprint density at radius 3 is 2.89 bits per heavy atom. The van der Waals surface area contributed by atoms with Crippen LogP contribution in [0.2, 0.25) is 5.02 Å². The smallest absolute Gasteiger partial charge is 0.256 e. The van der Waals surface area contributed by atoms with Gasteiger partial charge in [-0.3, -0.25) is 9.78 Å². The Hall–Kier alpha value is -1.59. The van der Waals surface area contributed by atoms with Crippen molar-refractivity contribution in [2.24, 2.45) is 0 Å². The Morgan fingerprint density at radius 1 is 1.47 bits per heavy atom. The van der Waals surface area contributed by atoms with E-state index in [9.17, 15) is 4.79 Å². The number of carbonyl (C=O) groups is 1. The highest BCUT2D eigenvalue weighted by molar-refractivity contribution is 9.10. The molecule has 0 bridgehead atoms. The van der Waals surface area contributed by atoms with Gasteiger partial charge in [-0.2, -0.15) is 0 Å². The van der Waals surface area contributed by atoms with Gasteiger partial charge in [0.15, 0.2) is 0 Å². The summed E-state index contributed by atoms with van der Waals surface area (Å²) in [6.07, 6.45) is 3.05. The summed E-state index contributed by atoms with van der Waals surface area (Å²) in [5, 5.41) is 3.15. The number of hydrogen-bond donors (Lipinski definition) is 2. The molecule has 0 aliphatic rings. The molecule has 1 heterocycles. The zero-order valence-electron chi connectivity index (χ0n) is 10.1. The Morgan fingerprint density at radius 2 is 2.21 bits per heavy atom. The molecule has 0 atom stereocenters. The van der Waals surface area contributed by atoms with Crippen LogP contribution in [-0.4, -0.2) is 10.9 Å². The number of benzene rings is 1.